The summed E-state index contributed by atoms with van der Waals surface area (Å²) in [5, 5.41) is 24.4. The van der Waals surface area contributed by atoms with Crippen LogP contribution in [0.3, 0.4) is 0 Å². The van der Waals surface area contributed by atoms with Crippen molar-refractivity contribution in [3.05, 3.63) is 58.1 Å². The number of carbonyl (C=O) groups is 2. The number of nitrogens with zero attached hydrogens (tertiary/aromatic N) is 5. The highest BCUT2D eigenvalue weighted by atomic mass is 16.6. The first kappa shape index (κ1) is 20.8. The van der Waals surface area contributed by atoms with Gasteiger partial charge in [-0.05, 0) is 26.0 Å². The molecule has 0 bridgehead atoms. The minimum absolute atomic E-state index is 0.0183. The second-order valence-electron chi connectivity index (χ2n) is 6.40. The van der Waals surface area contributed by atoms with Crippen LogP contribution in [0.1, 0.15) is 35.3 Å². The minimum atomic E-state index is -0.522. The van der Waals surface area contributed by atoms with E-state index in [1.807, 2.05) is 6.92 Å². The molecular weight excluding hydrogens is 394 g/mol. The van der Waals surface area contributed by atoms with Crippen molar-refractivity contribution in [2.45, 2.75) is 39.9 Å². The molecule has 0 saturated heterocycles. The molecule has 0 aliphatic carbocycles. The molecule has 2 amide bonds. The van der Waals surface area contributed by atoms with Crippen molar-refractivity contribution in [3.8, 4) is 0 Å². The van der Waals surface area contributed by atoms with Crippen molar-refractivity contribution in [1.82, 2.24) is 24.9 Å². The van der Waals surface area contributed by atoms with Gasteiger partial charge in [-0.25, -0.2) is 0 Å². The largest absolute Gasteiger partial charge is 0.467 e. The lowest BCUT2D eigenvalue weighted by atomic mass is 10.3. The SMILES string of the molecule is CCn1cc(NC(=O)CCn2ncc([N+](=O)[O-])c2C)c(C(=O)NCc2ccco2)n1. The van der Waals surface area contributed by atoms with E-state index in [1.54, 1.807) is 29.9 Å². The second-order valence-corrected chi connectivity index (χ2v) is 6.40. The Morgan fingerprint density at radius 2 is 2.17 bits per heavy atom. The third-order valence-corrected chi connectivity index (χ3v) is 4.40. The Bertz CT molecular complexity index is 1050. The summed E-state index contributed by atoms with van der Waals surface area (Å²) in [5.74, 6) is -0.233. The summed E-state index contributed by atoms with van der Waals surface area (Å²) < 4.78 is 8.11. The Kier molecular flexibility index (Phi) is 6.25. The number of aryl methyl sites for hydroxylation is 2. The molecule has 0 fully saturated rings. The van der Waals surface area contributed by atoms with Gasteiger partial charge in [0.1, 0.15) is 17.7 Å². The van der Waals surface area contributed by atoms with Crippen LogP contribution < -0.4 is 10.6 Å². The molecule has 0 spiro atoms. The summed E-state index contributed by atoms with van der Waals surface area (Å²) in [6.07, 6.45) is 4.25. The van der Waals surface area contributed by atoms with Crippen molar-refractivity contribution in [2.75, 3.05) is 5.32 Å². The maximum absolute atomic E-state index is 12.5. The number of furan rings is 1. The van der Waals surface area contributed by atoms with E-state index in [0.29, 0.717) is 18.0 Å². The summed E-state index contributed by atoms with van der Waals surface area (Å²) in [4.78, 5) is 35.3. The Balaban J connectivity index is 1.63. The van der Waals surface area contributed by atoms with E-state index in [2.05, 4.69) is 20.8 Å². The number of hydrogen-bond acceptors (Lipinski definition) is 7. The second kappa shape index (κ2) is 9.03. The van der Waals surface area contributed by atoms with Gasteiger partial charge in [0.15, 0.2) is 5.69 Å². The monoisotopic (exact) mass is 415 g/mol. The van der Waals surface area contributed by atoms with Gasteiger partial charge in [0, 0.05) is 19.2 Å². The number of hydrogen-bond donors (Lipinski definition) is 2. The number of nitrogens with one attached hydrogen (secondary N) is 2. The maximum Gasteiger partial charge on any atom is 0.309 e. The zero-order chi connectivity index (χ0) is 21.7. The van der Waals surface area contributed by atoms with Gasteiger partial charge >= 0.3 is 5.69 Å². The first-order valence-electron chi connectivity index (χ1n) is 9.23. The Hall–Kier alpha value is -3.96. The van der Waals surface area contributed by atoms with Gasteiger partial charge in [0.2, 0.25) is 5.91 Å². The first-order valence-corrected chi connectivity index (χ1v) is 9.23. The molecule has 0 atom stereocenters. The van der Waals surface area contributed by atoms with Gasteiger partial charge in [-0.3, -0.25) is 29.1 Å². The summed E-state index contributed by atoms with van der Waals surface area (Å²) in [6, 6.07) is 3.45. The molecule has 0 aliphatic rings. The number of anilines is 1. The highest BCUT2D eigenvalue weighted by molar-refractivity contribution is 6.02. The van der Waals surface area contributed by atoms with Crippen LogP contribution in [-0.4, -0.2) is 36.3 Å². The van der Waals surface area contributed by atoms with Crippen molar-refractivity contribution in [1.29, 1.82) is 0 Å². The van der Waals surface area contributed by atoms with Crippen LogP contribution >= 0.6 is 0 Å². The summed E-state index contributed by atoms with van der Waals surface area (Å²) in [5.41, 5.74) is 0.629. The fraction of sp³-hybridized carbons (Fsp3) is 0.333. The minimum Gasteiger partial charge on any atom is -0.467 e. The molecule has 3 aromatic heterocycles. The third-order valence-electron chi connectivity index (χ3n) is 4.40. The van der Waals surface area contributed by atoms with Gasteiger partial charge < -0.3 is 15.1 Å². The predicted molar refractivity (Wildman–Crippen MR) is 105 cm³/mol. The molecule has 12 nitrogen and oxygen atoms in total. The van der Waals surface area contributed by atoms with Crippen LogP contribution in [0.5, 0.6) is 0 Å². The average Bonchev–Trinajstić information content (AvgIpc) is 3.44. The Morgan fingerprint density at radius 3 is 2.80 bits per heavy atom. The number of amides is 2. The standard InChI is InChI=1S/C18H21N7O5/c1-3-23-11-14(17(22-23)18(27)19-9-13-5-4-8-30-13)21-16(26)6-7-24-12(2)15(10-20-24)25(28)29/h4-5,8,10-11H,3,6-7,9H2,1-2H3,(H,19,27)(H,21,26). The van der Waals surface area contributed by atoms with Crippen LogP contribution in [0.15, 0.2) is 35.2 Å². The molecule has 3 rings (SSSR count). The number of rotatable bonds is 9. The van der Waals surface area contributed by atoms with Crippen LogP contribution in [0, 0.1) is 17.0 Å². The van der Waals surface area contributed by atoms with Gasteiger partial charge in [0.05, 0.1) is 30.0 Å². The fourth-order valence-electron chi connectivity index (χ4n) is 2.77. The zero-order valence-electron chi connectivity index (χ0n) is 16.5. The van der Waals surface area contributed by atoms with E-state index in [9.17, 15) is 19.7 Å². The fourth-order valence-corrected chi connectivity index (χ4v) is 2.77. The number of nitro groups is 1. The molecule has 0 unspecified atom stereocenters. The van der Waals surface area contributed by atoms with E-state index < -0.39 is 10.8 Å². The molecule has 158 valence electrons. The molecule has 3 heterocycles. The van der Waals surface area contributed by atoms with E-state index in [4.69, 9.17) is 4.42 Å². The molecule has 0 aromatic carbocycles. The van der Waals surface area contributed by atoms with E-state index in [-0.39, 0.29) is 42.5 Å². The lowest BCUT2D eigenvalue weighted by molar-refractivity contribution is -0.385. The van der Waals surface area contributed by atoms with E-state index >= 15 is 0 Å². The first-order chi connectivity index (χ1) is 14.4. The van der Waals surface area contributed by atoms with Gasteiger partial charge in [0.25, 0.3) is 5.91 Å². The Labute approximate surface area is 171 Å². The average molecular weight is 415 g/mol. The third kappa shape index (κ3) is 4.71. The normalized spacial score (nSPS) is 10.7. The van der Waals surface area contributed by atoms with E-state index in [0.717, 1.165) is 6.20 Å². The molecule has 0 saturated carbocycles. The Morgan fingerprint density at radius 1 is 1.37 bits per heavy atom. The molecule has 0 radical (unpaired) electrons. The zero-order valence-corrected chi connectivity index (χ0v) is 16.5. The van der Waals surface area contributed by atoms with Gasteiger partial charge in [-0.1, -0.05) is 0 Å². The molecular formula is C18H21N7O5. The number of aromatic nitrogens is 4. The van der Waals surface area contributed by atoms with Crippen molar-refractivity contribution in [2.24, 2.45) is 0 Å². The topological polar surface area (TPSA) is 150 Å². The van der Waals surface area contributed by atoms with Crippen LogP contribution in [0.25, 0.3) is 0 Å². The summed E-state index contributed by atoms with van der Waals surface area (Å²) in [6.45, 7) is 4.29. The summed E-state index contributed by atoms with van der Waals surface area (Å²) in [7, 11) is 0. The molecule has 3 aromatic rings. The van der Waals surface area contributed by atoms with Crippen molar-refractivity contribution in [3.63, 3.8) is 0 Å². The maximum atomic E-state index is 12.5. The molecule has 30 heavy (non-hydrogen) atoms. The smallest absolute Gasteiger partial charge is 0.309 e. The van der Waals surface area contributed by atoms with Crippen LogP contribution in [0.4, 0.5) is 11.4 Å². The van der Waals surface area contributed by atoms with Crippen LogP contribution in [-0.2, 0) is 24.4 Å². The van der Waals surface area contributed by atoms with Gasteiger partial charge in [-0.2, -0.15) is 10.2 Å². The number of carbonyl (C=O) groups excluding carboxylic acids is 2. The lowest BCUT2D eigenvalue weighted by Crippen LogP contribution is -2.25. The molecule has 2 N–H and O–H groups in total. The summed E-state index contributed by atoms with van der Waals surface area (Å²) >= 11 is 0. The highest BCUT2D eigenvalue weighted by Crippen LogP contribution is 2.17. The molecule has 12 heteroatoms. The van der Waals surface area contributed by atoms with E-state index in [1.165, 1.54) is 10.9 Å². The lowest BCUT2D eigenvalue weighted by Gasteiger charge is -2.07. The molecule has 0 aliphatic heterocycles. The predicted octanol–water partition coefficient (Wildman–Crippen LogP) is 1.87. The van der Waals surface area contributed by atoms with Crippen molar-refractivity contribution >= 4 is 23.2 Å². The van der Waals surface area contributed by atoms with Crippen molar-refractivity contribution < 1.29 is 18.9 Å². The van der Waals surface area contributed by atoms with Crippen LogP contribution in [0.2, 0.25) is 0 Å². The highest BCUT2D eigenvalue weighted by Gasteiger charge is 2.20. The quantitative estimate of drug-likeness (QED) is 0.400. The van der Waals surface area contributed by atoms with Gasteiger partial charge in [-0.15, -0.1) is 0 Å².